The molecule has 1 N–H and O–H groups in total. The number of hydrogen-bond acceptors (Lipinski definition) is 3. The van der Waals surface area contributed by atoms with Crippen molar-refractivity contribution >= 4 is 23.3 Å². The van der Waals surface area contributed by atoms with Crippen molar-refractivity contribution in [3.05, 3.63) is 63.9 Å². The largest absolute Gasteiger partial charge is 0.351 e. The number of rotatable bonds is 6. The van der Waals surface area contributed by atoms with Crippen LogP contribution in [0.3, 0.4) is 0 Å². The summed E-state index contributed by atoms with van der Waals surface area (Å²) in [6.07, 6.45) is 6.01. The van der Waals surface area contributed by atoms with Gasteiger partial charge in [0.15, 0.2) is 0 Å². The third-order valence-corrected chi connectivity index (χ3v) is 5.37. The van der Waals surface area contributed by atoms with Crippen LogP contribution in [0.5, 0.6) is 0 Å². The van der Waals surface area contributed by atoms with Gasteiger partial charge >= 0.3 is 0 Å². The van der Waals surface area contributed by atoms with Crippen LogP contribution in [0.4, 0.5) is 0 Å². The van der Waals surface area contributed by atoms with Gasteiger partial charge in [0.25, 0.3) is 0 Å². The van der Waals surface area contributed by atoms with Gasteiger partial charge < -0.3 is 5.32 Å². The van der Waals surface area contributed by atoms with E-state index in [2.05, 4.69) is 46.8 Å². The summed E-state index contributed by atoms with van der Waals surface area (Å²) >= 11 is 1.77. The molecule has 0 saturated carbocycles. The van der Waals surface area contributed by atoms with Crippen molar-refractivity contribution in [1.29, 1.82) is 0 Å². The van der Waals surface area contributed by atoms with E-state index in [1.54, 1.807) is 17.4 Å². The third-order valence-electron chi connectivity index (χ3n) is 4.39. The molecule has 1 fully saturated rings. The molecule has 1 aliphatic heterocycles. The van der Waals surface area contributed by atoms with Crippen molar-refractivity contribution in [2.24, 2.45) is 0 Å². The zero-order valence-corrected chi connectivity index (χ0v) is 14.9. The van der Waals surface area contributed by atoms with Crippen LogP contribution in [0, 0.1) is 6.92 Å². The second-order valence-corrected chi connectivity index (χ2v) is 7.25. The van der Waals surface area contributed by atoms with E-state index in [4.69, 9.17) is 0 Å². The van der Waals surface area contributed by atoms with Crippen LogP contribution in [0.25, 0.3) is 6.08 Å². The Kier molecular flexibility index (Phi) is 5.83. The predicted octanol–water partition coefficient (Wildman–Crippen LogP) is 4.02. The number of likely N-dealkylation sites (tertiary alicyclic amines) is 1. The highest BCUT2D eigenvalue weighted by Crippen LogP contribution is 2.27. The van der Waals surface area contributed by atoms with Crippen molar-refractivity contribution in [3.63, 3.8) is 0 Å². The third kappa shape index (κ3) is 4.56. The van der Waals surface area contributed by atoms with Crippen molar-refractivity contribution in [2.75, 3.05) is 19.6 Å². The molecule has 2 aromatic rings. The summed E-state index contributed by atoms with van der Waals surface area (Å²) in [5.41, 5.74) is 2.25. The van der Waals surface area contributed by atoms with Gasteiger partial charge in [-0.25, -0.2) is 0 Å². The van der Waals surface area contributed by atoms with Gasteiger partial charge in [0, 0.05) is 17.5 Å². The number of benzene rings is 1. The molecule has 1 aromatic heterocycles. The van der Waals surface area contributed by atoms with Gasteiger partial charge in [-0.2, -0.15) is 0 Å². The number of carbonyl (C=O) groups is 1. The summed E-state index contributed by atoms with van der Waals surface area (Å²) in [7, 11) is 0. The normalized spacial score (nSPS) is 16.5. The van der Waals surface area contributed by atoms with E-state index in [0.717, 1.165) is 18.7 Å². The minimum Gasteiger partial charge on any atom is -0.351 e. The molecule has 0 bridgehead atoms. The Morgan fingerprint density at radius 2 is 2.12 bits per heavy atom. The first-order valence-electron chi connectivity index (χ1n) is 8.52. The van der Waals surface area contributed by atoms with E-state index < -0.39 is 0 Å². The van der Waals surface area contributed by atoms with Crippen molar-refractivity contribution in [3.8, 4) is 0 Å². The molecule has 3 rings (SSSR count). The highest BCUT2D eigenvalue weighted by atomic mass is 32.1. The van der Waals surface area contributed by atoms with Gasteiger partial charge in [0.05, 0.1) is 6.04 Å². The zero-order chi connectivity index (χ0) is 16.8. The number of hydrogen-bond donors (Lipinski definition) is 1. The van der Waals surface area contributed by atoms with Crippen molar-refractivity contribution in [1.82, 2.24) is 10.2 Å². The van der Waals surface area contributed by atoms with Gasteiger partial charge in [-0.3, -0.25) is 9.69 Å². The van der Waals surface area contributed by atoms with Crippen LogP contribution in [0.15, 0.2) is 47.9 Å². The fourth-order valence-corrected chi connectivity index (χ4v) is 4.01. The van der Waals surface area contributed by atoms with E-state index in [9.17, 15) is 4.79 Å². The molecule has 1 aliphatic rings. The minimum absolute atomic E-state index is 0.0303. The molecule has 24 heavy (non-hydrogen) atoms. The van der Waals surface area contributed by atoms with Crippen LogP contribution >= 0.6 is 11.3 Å². The Labute approximate surface area is 148 Å². The van der Waals surface area contributed by atoms with Gasteiger partial charge in [-0.1, -0.05) is 35.9 Å². The Morgan fingerprint density at radius 1 is 1.29 bits per heavy atom. The highest BCUT2D eigenvalue weighted by molar-refractivity contribution is 7.10. The Hall–Kier alpha value is -1.91. The average Bonchev–Trinajstić information content (AvgIpc) is 3.27. The van der Waals surface area contributed by atoms with Gasteiger partial charge in [0.2, 0.25) is 5.91 Å². The topological polar surface area (TPSA) is 32.3 Å². The van der Waals surface area contributed by atoms with E-state index >= 15 is 0 Å². The zero-order valence-electron chi connectivity index (χ0n) is 14.1. The van der Waals surface area contributed by atoms with E-state index in [1.807, 2.05) is 18.2 Å². The molecule has 126 valence electrons. The molecule has 0 spiro atoms. The van der Waals surface area contributed by atoms with Gasteiger partial charge in [0.1, 0.15) is 0 Å². The summed E-state index contributed by atoms with van der Waals surface area (Å²) in [6, 6.07) is 12.7. The lowest BCUT2D eigenvalue weighted by molar-refractivity contribution is -0.116. The molecule has 1 atom stereocenters. The standard InChI is InChI=1S/C20H24N2OS/c1-16-6-4-7-17(14-16)9-10-20(23)21-15-18(19-8-5-13-24-19)22-11-2-3-12-22/h4-10,13-14,18H,2-3,11-12,15H2,1H3,(H,21,23)/b10-9+. The molecule has 1 unspecified atom stereocenters. The molecule has 4 heteroatoms. The maximum atomic E-state index is 12.2. The SMILES string of the molecule is Cc1cccc(/C=C/C(=O)NCC(c2cccs2)N2CCCC2)c1. The Balaban J connectivity index is 1.58. The van der Waals surface area contributed by atoms with Crippen molar-refractivity contribution in [2.45, 2.75) is 25.8 Å². The average molecular weight is 340 g/mol. The molecule has 2 heterocycles. The van der Waals surface area contributed by atoms with E-state index in [0.29, 0.717) is 12.6 Å². The van der Waals surface area contributed by atoms with Crippen molar-refractivity contribution < 1.29 is 4.79 Å². The second kappa shape index (κ2) is 8.27. The number of thiophene rings is 1. The predicted molar refractivity (Wildman–Crippen MR) is 101 cm³/mol. The smallest absolute Gasteiger partial charge is 0.244 e. The molecule has 1 aromatic carbocycles. The fourth-order valence-electron chi connectivity index (χ4n) is 3.15. The Bertz CT molecular complexity index is 687. The molecule has 0 radical (unpaired) electrons. The van der Waals surface area contributed by atoms with Gasteiger partial charge in [-0.15, -0.1) is 11.3 Å². The molecule has 0 aliphatic carbocycles. The summed E-state index contributed by atoms with van der Waals surface area (Å²) in [5, 5.41) is 5.18. The summed E-state index contributed by atoms with van der Waals surface area (Å²) in [4.78, 5) is 16.0. The van der Waals surface area contributed by atoms with Crippen LogP contribution in [0.2, 0.25) is 0 Å². The van der Waals surface area contributed by atoms with Gasteiger partial charge in [-0.05, 0) is 55.9 Å². The fraction of sp³-hybridized carbons (Fsp3) is 0.350. The second-order valence-electron chi connectivity index (χ2n) is 6.27. The lowest BCUT2D eigenvalue weighted by atomic mass is 10.1. The number of carbonyl (C=O) groups excluding carboxylic acids is 1. The highest BCUT2D eigenvalue weighted by Gasteiger charge is 2.24. The van der Waals surface area contributed by atoms with E-state index in [-0.39, 0.29) is 5.91 Å². The number of aryl methyl sites for hydroxylation is 1. The number of amides is 1. The maximum absolute atomic E-state index is 12.2. The molecular weight excluding hydrogens is 316 g/mol. The van der Waals surface area contributed by atoms with Crippen LogP contribution in [-0.2, 0) is 4.79 Å². The molecule has 3 nitrogen and oxygen atoms in total. The first kappa shape index (κ1) is 16.9. The lowest BCUT2D eigenvalue weighted by Crippen LogP contribution is -2.35. The summed E-state index contributed by atoms with van der Waals surface area (Å²) in [5.74, 6) is -0.0303. The molecular formula is C20H24N2OS. The van der Waals surface area contributed by atoms with Crippen LogP contribution < -0.4 is 5.32 Å². The minimum atomic E-state index is -0.0303. The summed E-state index contributed by atoms with van der Waals surface area (Å²) < 4.78 is 0. The lowest BCUT2D eigenvalue weighted by Gasteiger charge is -2.26. The monoisotopic (exact) mass is 340 g/mol. The van der Waals surface area contributed by atoms with Crippen LogP contribution in [-0.4, -0.2) is 30.4 Å². The number of nitrogens with one attached hydrogen (secondary N) is 1. The first-order valence-corrected chi connectivity index (χ1v) is 9.40. The maximum Gasteiger partial charge on any atom is 0.244 e. The first-order chi connectivity index (χ1) is 11.7. The molecule has 1 amide bonds. The Morgan fingerprint density at radius 3 is 2.83 bits per heavy atom. The number of nitrogens with zero attached hydrogens (tertiary/aromatic N) is 1. The molecule has 1 saturated heterocycles. The van der Waals surface area contributed by atoms with Crippen LogP contribution in [0.1, 0.15) is 34.9 Å². The van der Waals surface area contributed by atoms with E-state index in [1.165, 1.54) is 23.3 Å². The quantitative estimate of drug-likeness (QED) is 0.806. The summed E-state index contributed by atoms with van der Waals surface area (Å²) in [6.45, 7) is 4.96.